The summed E-state index contributed by atoms with van der Waals surface area (Å²) in [6.45, 7) is 0. The summed E-state index contributed by atoms with van der Waals surface area (Å²) < 4.78 is 0. The number of aliphatic hydroxyl groups is 1. The van der Waals surface area contributed by atoms with Crippen molar-refractivity contribution < 1.29 is 24.6 Å². The minimum absolute atomic E-state index is 0. The predicted octanol–water partition coefficient (Wildman–Crippen LogP) is 2.96. The van der Waals surface area contributed by atoms with Gasteiger partial charge in [0.05, 0.1) is 6.26 Å². The first kappa shape index (κ1) is 12.0. The summed E-state index contributed by atoms with van der Waals surface area (Å²) in [6.07, 6.45) is 8.50. The average Bonchev–Trinajstić information content (AvgIpc) is 2.81. The van der Waals surface area contributed by atoms with Crippen LogP contribution in [0.3, 0.4) is 0 Å². The van der Waals surface area contributed by atoms with Crippen molar-refractivity contribution in [3.63, 3.8) is 0 Å². The maximum absolute atomic E-state index is 8.30. The molecule has 2 rings (SSSR count). The Bertz CT molecular complexity index is 250. The minimum atomic E-state index is 0. The van der Waals surface area contributed by atoms with Gasteiger partial charge in [-0.1, -0.05) is 24.3 Å². The van der Waals surface area contributed by atoms with Crippen LogP contribution < -0.4 is 0 Å². The van der Waals surface area contributed by atoms with Gasteiger partial charge in [0.25, 0.3) is 0 Å². The Hall–Kier alpha value is -1.01. The molecule has 1 nitrogen and oxygen atoms in total. The van der Waals surface area contributed by atoms with Crippen molar-refractivity contribution in [1.29, 1.82) is 0 Å². The molecule has 1 aromatic carbocycles. The topological polar surface area (TPSA) is 20.2 Å². The van der Waals surface area contributed by atoms with Gasteiger partial charge in [-0.25, -0.2) is 12.1 Å². The standard InChI is InChI=1S/C6H6O.C5H5.Ru/c7-5-6-3-1-2-4-6;1-2-4-5-3-1;/h1-5,7H;1-5H;/q;-1;+1. The zero-order valence-electron chi connectivity index (χ0n) is 7.07. The number of rotatable bonds is 0. The molecule has 0 bridgehead atoms. The predicted molar refractivity (Wildman–Crippen MR) is 51.0 cm³/mol. The zero-order chi connectivity index (χ0) is 8.65. The maximum Gasteiger partial charge on any atom is 1.00 e. The average molecular weight is 260 g/mol. The van der Waals surface area contributed by atoms with Gasteiger partial charge < -0.3 is 5.11 Å². The molecule has 1 aromatic rings. The second-order valence-electron chi connectivity index (χ2n) is 2.31. The van der Waals surface area contributed by atoms with Crippen LogP contribution in [0.4, 0.5) is 0 Å². The normalized spacial score (nSPS) is 11.5. The second kappa shape index (κ2) is 7.63. The Morgan fingerprint density at radius 2 is 1.62 bits per heavy atom. The summed E-state index contributed by atoms with van der Waals surface area (Å²) in [5, 5.41) is 8.30. The molecule has 0 fully saturated rings. The monoisotopic (exact) mass is 261 g/mol. The van der Waals surface area contributed by atoms with Gasteiger partial charge in [-0.3, -0.25) is 0 Å². The number of allylic oxidation sites excluding steroid dienone is 5. The second-order valence-corrected chi connectivity index (χ2v) is 2.31. The van der Waals surface area contributed by atoms with Crippen LogP contribution in [0.2, 0.25) is 0 Å². The molecule has 0 heterocycles. The quantitative estimate of drug-likeness (QED) is 0.432. The van der Waals surface area contributed by atoms with Crippen molar-refractivity contribution >= 4 is 0 Å². The van der Waals surface area contributed by atoms with Crippen LogP contribution in [-0.4, -0.2) is 5.11 Å². The molecule has 2 heteroatoms. The molecule has 1 aliphatic rings. The molecule has 0 aliphatic heterocycles. The van der Waals surface area contributed by atoms with E-state index in [-0.39, 0.29) is 19.5 Å². The van der Waals surface area contributed by atoms with Crippen molar-refractivity contribution in [2.45, 2.75) is 0 Å². The molecule has 69 valence electrons. The fourth-order valence-electron chi connectivity index (χ4n) is 0.796. The molecule has 0 unspecified atom stereocenters. The van der Waals surface area contributed by atoms with E-state index in [9.17, 15) is 0 Å². The van der Waals surface area contributed by atoms with Crippen LogP contribution in [0.1, 0.15) is 0 Å². The summed E-state index contributed by atoms with van der Waals surface area (Å²) in [5.74, 6) is 0. The molecular formula is C11H11ORu. The Labute approximate surface area is 91.2 Å². The maximum atomic E-state index is 8.30. The molecular weight excluding hydrogens is 249 g/mol. The van der Waals surface area contributed by atoms with Gasteiger partial charge in [-0.2, -0.15) is 18.2 Å². The van der Waals surface area contributed by atoms with Crippen molar-refractivity contribution in [3.05, 3.63) is 66.5 Å². The van der Waals surface area contributed by atoms with Crippen LogP contribution in [0.5, 0.6) is 0 Å². The first-order chi connectivity index (χ1) is 5.93. The van der Waals surface area contributed by atoms with Crippen LogP contribution >= 0.6 is 0 Å². The third-order valence-electron chi connectivity index (χ3n) is 1.39. The summed E-state index contributed by atoms with van der Waals surface area (Å²) in [5.41, 5.74) is 0.861. The summed E-state index contributed by atoms with van der Waals surface area (Å²) in [6, 6.07) is 10.0. The van der Waals surface area contributed by atoms with E-state index >= 15 is 0 Å². The smallest absolute Gasteiger partial charge is 0.515 e. The third-order valence-corrected chi connectivity index (χ3v) is 1.39. The molecule has 1 aliphatic carbocycles. The van der Waals surface area contributed by atoms with Gasteiger partial charge in [0.2, 0.25) is 0 Å². The molecule has 0 spiro atoms. The van der Waals surface area contributed by atoms with E-state index in [2.05, 4.69) is 0 Å². The van der Waals surface area contributed by atoms with Gasteiger partial charge in [0.1, 0.15) is 0 Å². The van der Waals surface area contributed by atoms with E-state index in [1.165, 1.54) is 0 Å². The Kier molecular flexibility index (Phi) is 7.04. The largest absolute Gasteiger partial charge is 1.00 e. The number of hydrogen-bond acceptors (Lipinski definition) is 1. The Morgan fingerprint density at radius 1 is 1.08 bits per heavy atom. The first-order valence-electron chi connectivity index (χ1n) is 3.79. The van der Waals surface area contributed by atoms with E-state index in [4.69, 9.17) is 5.11 Å². The Morgan fingerprint density at radius 3 is 1.85 bits per heavy atom. The molecule has 13 heavy (non-hydrogen) atoms. The molecule has 0 atom stereocenters. The molecule has 1 radical (unpaired) electrons. The van der Waals surface area contributed by atoms with Gasteiger partial charge in [-0.15, -0.1) is 0 Å². The fourth-order valence-corrected chi connectivity index (χ4v) is 0.796. The first-order valence-corrected chi connectivity index (χ1v) is 3.79. The number of hydrogen-bond donors (Lipinski definition) is 1. The van der Waals surface area contributed by atoms with Gasteiger partial charge in [0, 0.05) is 5.57 Å². The van der Waals surface area contributed by atoms with E-state index < -0.39 is 0 Å². The summed E-state index contributed by atoms with van der Waals surface area (Å²) >= 11 is 0. The van der Waals surface area contributed by atoms with E-state index in [1.807, 2.05) is 54.6 Å². The van der Waals surface area contributed by atoms with Crippen LogP contribution in [-0.2, 0) is 19.5 Å². The van der Waals surface area contributed by atoms with Gasteiger partial charge >= 0.3 is 19.5 Å². The molecule has 0 saturated carbocycles. The van der Waals surface area contributed by atoms with Crippen molar-refractivity contribution in [3.8, 4) is 0 Å². The van der Waals surface area contributed by atoms with Crippen LogP contribution in [0.15, 0.2) is 66.5 Å². The minimum Gasteiger partial charge on any atom is -0.515 e. The third kappa shape index (κ3) is 5.27. The zero-order valence-corrected chi connectivity index (χ0v) is 8.81. The van der Waals surface area contributed by atoms with Crippen molar-refractivity contribution in [1.82, 2.24) is 0 Å². The molecule has 1 N–H and O–H groups in total. The van der Waals surface area contributed by atoms with E-state index in [0.717, 1.165) is 11.8 Å². The number of aliphatic hydroxyl groups excluding tert-OH is 1. The van der Waals surface area contributed by atoms with Crippen LogP contribution in [0, 0.1) is 0 Å². The van der Waals surface area contributed by atoms with Gasteiger partial charge in [0.15, 0.2) is 0 Å². The summed E-state index contributed by atoms with van der Waals surface area (Å²) in [4.78, 5) is 0. The molecule has 0 amide bonds. The van der Waals surface area contributed by atoms with E-state index in [0.29, 0.717) is 0 Å². The van der Waals surface area contributed by atoms with Crippen molar-refractivity contribution in [2.75, 3.05) is 0 Å². The van der Waals surface area contributed by atoms with Gasteiger partial charge in [-0.05, 0) is 0 Å². The SMILES string of the molecule is OC=C1C=CC=C1.[Ru+].c1cc[cH-]c1. The van der Waals surface area contributed by atoms with Crippen LogP contribution in [0.25, 0.3) is 0 Å². The summed E-state index contributed by atoms with van der Waals surface area (Å²) in [7, 11) is 0. The molecule has 0 aromatic heterocycles. The molecule has 0 saturated heterocycles. The fraction of sp³-hybridized carbons (Fsp3) is 0. The Balaban J connectivity index is 0.000000215. The van der Waals surface area contributed by atoms with Crippen molar-refractivity contribution in [2.24, 2.45) is 0 Å². The van der Waals surface area contributed by atoms with E-state index in [1.54, 1.807) is 0 Å².